The minimum atomic E-state index is -0.560. The van der Waals surface area contributed by atoms with Crippen LogP contribution in [0.1, 0.15) is 71.3 Å². The van der Waals surface area contributed by atoms with Gasteiger partial charge in [-0.1, -0.05) is 18.6 Å². The highest BCUT2D eigenvalue weighted by Gasteiger charge is 2.30. The average molecular weight is 502 g/mol. The first-order chi connectivity index (χ1) is 16.7. The largest absolute Gasteiger partial charge is 0.488 e. The number of piperidine rings is 1. The standard InChI is InChI=1S/C26H35N3O5S/c1-26(2,3)34-24(31)27-18-10-8-14-29(16-18)22-17(15-21-23(30)28-25(32)35-21)9-7-13-20(22)33-19-11-5-4-6-12-19/h7,9,13,15,18-19H,4-6,8,10-12,14,16H2,1-3H3,(H,27,31)(H,28,30,32)/b21-15-/t18-/m1/s1. The normalized spacial score (nSPS) is 22.8. The number of para-hydroxylation sites is 1. The number of anilines is 1. The van der Waals surface area contributed by atoms with Crippen molar-refractivity contribution in [3.8, 4) is 5.75 Å². The number of alkyl carbamates (subject to hydrolysis) is 1. The van der Waals surface area contributed by atoms with Gasteiger partial charge in [0.2, 0.25) is 0 Å². The molecule has 9 heteroatoms. The fourth-order valence-electron chi connectivity index (χ4n) is 4.79. The van der Waals surface area contributed by atoms with E-state index in [0.29, 0.717) is 11.4 Å². The number of nitrogens with one attached hydrogen (secondary N) is 2. The van der Waals surface area contributed by atoms with Crippen molar-refractivity contribution in [1.82, 2.24) is 10.6 Å². The van der Waals surface area contributed by atoms with Gasteiger partial charge in [0.15, 0.2) is 0 Å². The van der Waals surface area contributed by atoms with Gasteiger partial charge in [0, 0.05) is 24.7 Å². The molecule has 1 atom stereocenters. The molecule has 3 amide bonds. The predicted molar refractivity (Wildman–Crippen MR) is 138 cm³/mol. The van der Waals surface area contributed by atoms with E-state index in [4.69, 9.17) is 9.47 Å². The molecule has 1 aromatic rings. The fourth-order valence-corrected chi connectivity index (χ4v) is 5.46. The highest BCUT2D eigenvalue weighted by atomic mass is 32.2. The first-order valence-electron chi connectivity index (χ1n) is 12.5. The van der Waals surface area contributed by atoms with E-state index >= 15 is 0 Å². The molecule has 0 unspecified atom stereocenters. The second-order valence-corrected chi connectivity index (χ2v) is 11.4. The minimum Gasteiger partial charge on any atom is -0.488 e. The number of imide groups is 1. The molecule has 2 aliphatic heterocycles. The topological polar surface area (TPSA) is 97.0 Å². The van der Waals surface area contributed by atoms with Gasteiger partial charge in [0.05, 0.1) is 16.7 Å². The summed E-state index contributed by atoms with van der Waals surface area (Å²) < 4.78 is 12.0. The molecule has 4 rings (SSSR count). The summed E-state index contributed by atoms with van der Waals surface area (Å²) in [6.07, 6.45) is 8.87. The summed E-state index contributed by atoms with van der Waals surface area (Å²) in [5.74, 6) is 0.395. The van der Waals surface area contributed by atoms with Crippen LogP contribution in [0.3, 0.4) is 0 Å². The van der Waals surface area contributed by atoms with Crippen LogP contribution in [-0.2, 0) is 9.53 Å². The number of amides is 3. The maximum absolute atomic E-state index is 12.4. The van der Waals surface area contributed by atoms with Crippen molar-refractivity contribution in [2.75, 3.05) is 18.0 Å². The SMILES string of the molecule is CC(C)(C)OC(=O)N[C@@H]1CCCN(c2c(/C=C3\SC(=O)NC3=O)cccc2OC2CCCCC2)C1. The number of benzene rings is 1. The van der Waals surface area contributed by atoms with Gasteiger partial charge in [-0.05, 0) is 83.2 Å². The molecule has 3 aliphatic rings. The molecule has 0 radical (unpaired) electrons. The fraction of sp³-hybridized carbons (Fsp3) is 0.577. The first-order valence-corrected chi connectivity index (χ1v) is 13.3. The van der Waals surface area contributed by atoms with Crippen molar-refractivity contribution >= 4 is 40.8 Å². The smallest absolute Gasteiger partial charge is 0.407 e. The van der Waals surface area contributed by atoms with Crippen LogP contribution in [0.4, 0.5) is 15.3 Å². The summed E-state index contributed by atoms with van der Waals surface area (Å²) in [4.78, 5) is 38.9. The molecule has 35 heavy (non-hydrogen) atoms. The third-order valence-corrected chi connectivity index (χ3v) is 7.07. The highest BCUT2D eigenvalue weighted by molar-refractivity contribution is 8.18. The zero-order chi connectivity index (χ0) is 25.0. The Labute approximate surface area is 211 Å². The molecule has 1 aromatic carbocycles. The number of hydrogen-bond donors (Lipinski definition) is 2. The van der Waals surface area contributed by atoms with Gasteiger partial charge >= 0.3 is 6.09 Å². The van der Waals surface area contributed by atoms with Crippen molar-refractivity contribution in [3.63, 3.8) is 0 Å². The van der Waals surface area contributed by atoms with E-state index in [9.17, 15) is 14.4 Å². The van der Waals surface area contributed by atoms with E-state index in [1.165, 1.54) is 6.42 Å². The van der Waals surface area contributed by atoms with Gasteiger partial charge in [-0.3, -0.25) is 14.9 Å². The molecule has 190 valence electrons. The Morgan fingerprint density at radius 3 is 2.60 bits per heavy atom. The summed E-state index contributed by atoms with van der Waals surface area (Å²) >= 11 is 0.908. The maximum Gasteiger partial charge on any atom is 0.407 e. The summed E-state index contributed by atoms with van der Waals surface area (Å²) in [6.45, 7) is 6.94. The van der Waals surface area contributed by atoms with Crippen molar-refractivity contribution in [1.29, 1.82) is 0 Å². The lowest BCUT2D eigenvalue weighted by molar-refractivity contribution is -0.115. The van der Waals surface area contributed by atoms with Crippen LogP contribution in [0.5, 0.6) is 5.75 Å². The predicted octanol–water partition coefficient (Wildman–Crippen LogP) is 5.22. The van der Waals surface area contributed by atoms with Crippen LogP contribution in [0.25, 0.3) is 6.08 Å². The third-order valence-electron chi connectivity index (χ3n) is 6.26. The first kappa shape index (κ1) is 25.4. The van der Waals surface area contributed by atoms with Gasteiger partial charge in [0.25, 0.3) is 11.1 Å². The number of carbonyl (C=O) groups is 3. The highest BCUT2D eigenvalue weighted by Crippen LogP contribution is 2.39. The second kappa shape index (κ2) is 10.9. The molecule has 0 aromatic heterocycles. The molecule has 2 heterocycles. The molecule has 2 saturated heterocycles. The van der Waals surface area contributed by atoms with E-state index in [1.54, 1.807) is 6.08 Å². The number of rotatable bonds is 5. The van der Waals surface area contributed by atoms with Gasteiger partial charge in [-0.15, -0.1) is 0 Å². The number of hydrogen-bond acceptors (Lipinski definition) is 7. The number of thioether (sulfide) groups is 1. The van der Waals surface area contributed by atoms with Crippen molar-refractivity contribution < 1.29 is 23.9 Å². The lowest BCUT2D eigenvalue weighted by atomic mass is 9.97. The molecular weight excluding hydrogens is 466 g/mol. The molecule has 0 spiro atoms. The van der Waals surface area contributed by atoms with E-state index in [0.717, 1.165) is 73.8 Å². The van der Waals surface area contributed by atoms with Crippen LogP contribution < -0.4 is 20.3 Å². The molecular formula is C26H35N3O5S. The molecule has 8 nitrogen and oxygen atoms in total. The quantitative estimate of drug-likeness (QED) is 0.534. The van der Waals surface area contributed by atoms with Gasteiger partial charge < -0.3 is 19.7 Å². The van der Waals surface area contributed by atoms with Crippen LogP contribution in [0.15, 0.2) is 23.1 Å². The Morgan fingerprint density at radius 2 is 1.91 bits per heavy atom. The zero-order valence-corrected chi connectivity index (χ0v) is 21.5. The summed E-state index contributed by atoms with van der Waals surface area (Å²) in [6, 6.07) is 5.77. The third kappa shape index (κ3) is 6.93. The van der Waals surface area contributed by atoms with Crippen LogP contribution in [-0.4, -0.2) is 48.1 Å². The number of nitrogens with zero attached hydrogens (tertiary/aromatic N) is 1. The summed E-state index contributed by atoms with van der Waals surface area (Å²) in [5.41, 5.74) is 1.16. The summed E-state index contributed by atoms with van der Waals surface area (Å²) in [7, 11) is 0. The van der Waals surface area contributed by atoms with Crippen molar-refractivity contribution in [2.45, 2.75) is 83.5 Å². The van der Waals surface area contributed by atoms with Crippen LogP contribution in [0, 0.1) is 0 Å². The van der Waals surface area contributed by atoms with Gasteiger partial charge in [0.1, 0.15) is 11.4 Å². The van der Waals surface area contributed by atoms with Crippen molar-refractivity contribution in [2.24, 2.45) is 0 Å². The zero-order valence-electron chi connectivity index (χ0n) is 20.7. The van der Waals surface area contributed by atoms with Gasteiger partial charge in [-0.25, -0.2) is 4.79 Å². The Balaban J connectivity index is 1.61. The lowest BCUT2D eigenvalue weighted by Crippen LogP contribution is -2.49. The molecule has 1 saturated carbocycles. The Bertz CT molecular complexity index is 997. The Kier molecular flexibility index (Phi) is 7.94. The molecule has 3 fully saturated rings. The Morgan fingerprint density at radius 1 is 1.14 bits per heavy atom. The van der Waals surface area contributed by atoms with E-state index in [-0.39, 0.29) is 23.3 Å². The van der Waals surface area contributed by atoms with Gasteiger partial charge in [-0.2, -0.15) is 0 Å². The van der Waals surface area contributed by atoms with Crippen LogP contribution >= 0.6 is 11.8 Å². The van der Waals surface area contributed by atoms with Crippen molar-refractivity contribution in [3.05, 3.63) is 28.7 Å². The van der Waals surface area contributed by atoms with Crippen LogP contribution in [0.2, 0.25) is 0 Å². The number of ether oxygens (including phenoxy) is 2. The van der Waals surface area contributed by atoms with E-state index in [2.05, 4.69) is 15.5 Å². The maximum atomic E-state index is 12.4. The monoisotopic (exact) mass is 501 g/mol. The number of carbonyl (C=O) groups excluding carboxylic acids is 3. The summed E-state index contributed by atoms with van der Waals surface area (Å²) in [5, 5.41) is 4.97. The van der Waals surface area contributed by atoms with E-state index < -0.39 is 11.7 Å². The molecule has 2 N–H and O–H groups in total. The molecule has 1 aliphatic carbocycles. The lowest BCUT2D eigenvalue weighted by Gasteiger charge is -2.37. The Hall–Kier alpha value is -2.68. The van der Waals surface area contributed by atoms with E-state index in [1.807, 2.05) is 39.0 Å². The molecule has 0 bridgehead atoms. The average Bonchev–Trinajstić information content (AvgIpc) is 3.10. The minimum absolute atomic E-state index is 0.0763. The second-order valence-electron chi connectivity index (χ2n) is 10.4.